The summed E-state index contributed by atoms with van der Waals surface area (Å²) in [6.07, 6.45) is 2.21. The first kappa shape index (κ1) is 17.4. The van der Waals surface area contributed by atoms with Crippen LogP contribution in [0.4, 0.5) is 0 Å². The first-order valence-electron chi connectivity index (χ1n) is 6.64. The second-order valence-electron chi connectivity index (χ2n) is 5.11. The summed E-state index contributed by atoms with van der Waals surface area (Å²) >= 11 is 5.30. The highest BCUT2D eigenvalue weighted by Gasteiger charge is 2.29. The number of Topliss-reactive ketones (excluding diaryl/α,β-unsaturated/α-hetero) is 1. The Hall–Kier alpha value is -1.63. The molecular formula is C13H19ClN2O5. The lowest BCUT2D eigenvalue weighted by Crippen LogP contribution is -2.34. The Labute approximate surface area is 127 Å². The molecule has 0 aromatic rings. The molecule has 1 saturated carbocycles. The van der Waals surface area contributed by atoms with Crippen molar-refractivity contribution in [3.8, 4) is 0 Å². The molecule has 1 N–H and O–H groups in total. The maximum Gasteiger partial charge on any atom is 0.361 e. The Bertz CT molecular complexity index is 442. The van der Waals surface area contributed by atoms with Gasteiger partial charge in [-0.3, -0.25) is 9.59 Å². The Kier molecular flexibility index (Phi) is 6.61. The van der Waals surface area contributed by atoms with Crippen molar-refractivity contribution >= 4 is 35.0 Å². The van der Waals surface area contributed by atoms with Crippen LogP contribution in [0.25, 0.3) is 0 Å². The van der Waals surface area contributed by atoms with Crippen LogP contribution >= 0.6 is 11.6 Å². The van der Waals surface area contributed by atoms with Gasteiger partial charge in [0.05, 0.1) is 5.88 Å². The number of carbonyl (C=O) groups is 3. The molecule has 0 radical (unpaired) electrons. The molecule has 0 aromatic heterocycles. The van der Waals surface area contributed by atoms with E-state index in [4.69, 9.17) is 21.5 Å². The molecule has 21 heavy (non-hydrogen) atoms. The predicted octanol–water partition coefficient (Wildman–Crippen LogP) is 0.898. The van der Waals surface area contributed by atoms with E-state index in [1.165, 1.54) is 0 Å². The minimum Gasteiger partial charge on any atom is -0.476 e. The highest BCUT2D eigenvalue weighted by Crippen LogP contribution is 2.27. The van der Waals surface area contributed by atoms with Crippen LogP contribution in [0.2, 0.25) is 0 Å². The van der Waals surface area contributed by atoms with Crippen molar-refractivity contribution in [2.75, 3.05) is 20.0 Å². The summed E-state index contributed by atoms with van der Waals surface area (Å²) in [4.78, 5) is 40.6. The van der Waals surface area contributed by atoms with Crippen LogP contribution in [-0.2, 0) is 19.2 Å². The summed E-state index contributed by atoms with van der Waals surface area (Å²) in [5, 5.41) is 12.3. The van der Waals surface area contributed by atoms with Gasteiger partial charge in [0, 0.05) is 20.0 Å². The lowest BCUT2D eigenvalue weighted by molar-refractivity contribution is -0.135. The van der Waals surface area contributed by atoms with Gasteiger partial charge in [-0.1, -0.05) is 5.16 Å². The van der Waals surface area contributed by atoms with Crippen LogP contribution in [0, 0.1) is 5.92 Å². The second-order valence-corrected chi connectivity index (χ2v) is 5.38. The maximum absolute atomic E-state index is 11.8. The van der Waals surface area contributed by atoms with Crippen LogP contribution in [0.3, 0.4) is 0 Å². The number of hydrogen-bond donors (Lipinski definition) is 1. The van der Waals surface area contributed by atoms with Crippen molar-refractivity contribution in [1.82, 2.24) is 4.90 Å². The van der Waals surface area contributed by atoms with Gasteiger partial charge in [-0.2, -0.15) is 0 Å². The average Bonchev–Trinajstić information content (AvgIpc) is 2.46. The van der Waals surface area contributed by atoms with Crippen LogP contribution in [0.15, 0.2) is 5.16 Å². The highest BCUT2D eigenvalue weighted by atomic mass is 35.5. The third-order valence-corrected chi connectivity index (χ3v) is 3.59. The topological polar surface area (TPSA) is 96.3 Å². The molecule has 0 heterocycles. The average molecular weight is 319 g/mol. The van der Waals surface area contributed by atoms with Crippen molar-refractivity contribution < 1.29 is 24.3 Å². The van der Waals surface area contributed by atoms with Gasteiger partial charge in [0.25, 0.3) is 0 Å². The Morgan fingerprint density at radius 2 is 1.81 bits per heavy atom. The number of halogens is 1. The van der Waals surface area contributed by atoms with Crippen molar-refractivity contribution in [3.05, 3.63) is 0 Å². The minimum atomic E-state index is -1.46. The molecule has 0 aliphatic heterocycles. The van der Waals surface area contributed by atoms with E-state index >= 15 is 0 Å². The number of ketones is 1. The van der Waals surface area contributed by atoms with Gasteiger partial charge in [-0.25, -0.2) is 4.79 Å². The van der Waals surface area contributed by atoms with Crippen LogP contribution in [0.5, 0.6) is 0 Å². The third kappa shape index (κ3) is 5.00. The fourth-order valence-electron chi connectivity index (χ4n) is 2.18. The number of rotatable bonds is 6. The molecule has 118 valence electrons. The summed E-state index contributed by atoms with van der Waals surface area (Å²) in [7, 11) is 3.43. The minimum absolute atomic E-state index is 0.0350. The zero-order valence-corrected chi connectivity index (χ0v) is 12.8. The third-order valence-electron chi connectivity index (χ3n) is 3.35. The zero-order valence-electron chi connectivity index (χ0n) is 12.0. The molecule has 8 heteroatoms. The van der Waals surface area contributed by atoms with Crippen molar-refractivity contribution in [2.45, 2.75) is 31.8 Å². The van der Waals surface area contributed by atoms with Crippen LogP contribution in [0.1, 0.15) is 25.7 Å². The van der Waals surface area contributed by atoms with Gasteiger partial charge in [-0.05, 0) is 25.7 Å². The summed E-state index contributed by atoms with van der Waals surface area (Å²) in [5.74, 6) is -2.66. The Balaban J connectivity index is 2.54. The van der Waals surface area contributed by atoms with E-state index < -0.39 is 23.3 Å². The van der Waals surface area contributed by atoms with Gasteiger partial charge in [0.15, 0.2) is 0 Å². The molecule has 1 amide bonds. The number of oxime groups is 1. The number of amides is 1. The lowest BCUT2D eigenvalue weighted by Gasteiger charge is -2.28. The van der Waals surface area contributed by atoms with Crippen molar-refractivity contribution in [2.24, 2.45) is 11.1 Å². The number of carbonyl (C=O) groups excluding carboxylic acids is 2. The number of alkyl halides is 1. The normalized spacial score (nSPS) is 22.5. The van der Waals surface area contributed by atoms with Gasteiger partial charge in [0.2, 0.25) is 17.4 Å². The van der Waals surface area contributed by atoms with Gasteiger partial charge in [-0.15, -0.1) is 11.6 Å². The largest absolute Gasteiger partial charge is 0.476 e. The standard InChI is InChI=1S/C13H19ClN2O5/c1-16(2)12(18)8-3-5-9(6-4-8)21-15-11(13(19)20)10(17)7-14/h8-9H,3-7H2,1-2H3,(H,19,20)/t8-,9-. The lowest BCUT2D eigenvalue weighted by atomic mass is 9.86. The molecule has 1 aliphatic rings. The van der Waals surface area contributed by atoms with Gasteiger partial charge in [0.1, 0.15) is 6.10 Å². The molecule has 0 spiro atoms. The Morgan fingerprint density at radius 3 is 2.24 bits per heavy atom. The van der Waals surface area contributed by atoms with Crippen LogP contribution < -0.4 is 0 Å². The summed E-state index contributed by atoms with van der Waals surface area (Å²) in [6, 6.07) is 0. The monoisotopic (exact) mass is 318 g/mol. The number of aliphatic carboxylic acids is 1. The molecule has 0 bridgehead atoms. The molecule has 1 fully saturated rings. The van der Waals surface area contributed by atoms with E-state index in [2.05, 4.69) is 5.16 Å². The van der Waals surface area contributed by atoms with E-state index in [1.807, 2.05) is 0 Å². The SMILES string of the molecule is CN(C)C(=O)[C@H]1CC[C@H](ON=C(C(=O)O)C(=O)CCl)CC1. The first-order chi connectivity index (χ1) is 9.86. The number of nitrogens with zero attached hydrogens (tertiary/aromatic N) is 2. The van der Waals surface area contributed by atoms with E-state index in [9.17, 15) is 14.4 Å². The number of hydrogen-bond acceptors (Lipinski definition) is 5. The molecule has 0 saturated heterocycles. The highest BCUT2D eigenvalue weighted by molar-refractivity contribution is 6.67. The number of carboxylic acid groups (broad SMARTS) is 1. The smallest absolute Gasteiger partial charge is 0.361 e. The second kappa shape index (κ2) is 7.97. The zero-order chi connectivity index (χ0) is 16.0. The molecule has 0 unspecified atom stereocenters. The van der Waals surface area contributed by atoms with Crippen LogP contribution in [-0.4, -0.2) is 59.5 Å². The molecule has 0 aromatic carbocycles. The molecule has 7 nitrogen and oxygen atoms in total. The Morgan fingerprint density at radius 1 is 1.24 bits per heavy atom. The fourth-order valence-corrected chi connectivity index (χ4v) is 2.31. The van der Waals surface area contributed by atoms with Gasteiger partial charge >= 0.3 is 5.97 Å². The van der Waals surface area contributed by atoms with E-state index in [1.54, 1.807) is 19.0 Å². The van der Waals surface area contributed by atoms with E-state index in [0.29, 0.717) is 25.7 Å². The van der Waals surface area contributed by atoms with E-state index in [-0.39, 0.29) is 17.9 Å². The summed E-state index contributed by atoms with van der Waals surface area (Å²) in [5.41, 5.74) is -0.698. The molecule has 1 rings (SSSR count). The van der Waals surface area contributed by atoms with Crippen molar-refractivity contribution in [1.29, 1.82) is 0 Å². The molecular weight excluding hydrogens is 300 g/mol. The molecule has 0 atom stereocenters. The van der Waals surface area contributed by atoms with Crippen molar-refractivity contribution in [3.63, 3.8) is 0 Å². The van der Waals surface area contributed by atoms with E-state index in [0.717, 1.165) is 0 Å². The maximum atomic E-state index is 11.8. The predicted molar refractivity (Wildman–Crippen MR) is 76.3 cm³/mol. The quantitative estimate of drug-likeness (QED) is 0.340. The molecule has 1 aliphatic carbocycles. The summed E-state index contributed by atoms with van der Waals surface area (Å²) < 4.78 is 0. The van der Waals surface area contributed by atoms with Gasteiger partial charge < -0.3 is 14.8 Å². The summed E-state index contributed by atoms with van der Waals surface area (Å²) in [6.45, 7) is 0. The first-order valence-corrected chi connectivity index (χ1v) is 7.17. The fraction of sp³-hybridized carbons (Fsp3) is 0.692. The number of carboxylic acids is 1.